The second kappa shape index (κ2) is 3.25. The highest BCUT2D eigenvalue weighted by atomic mass is 32.2. The van der Waals surface area contributed by atoms with Crippen LogP contribution in [0.4, 0.5) is 0 Å². The van der Waals surface area contributed by atoms with Crippen molar-refractivity contribution in [3.63, 3.8) is 0 Å². The molecule has 0 radical (unpaired) electrons. The molecular formula is C6H9O3S-. The van der Waals surface area contributed by atoms with Gasteiger partial charge < -0.3 is 4.55 Å². The Morgan fingerprint density at radius 3 is 2.30 bits per heavy atom. The molecule has 1 unspecified atom stereocenters. The lowest BCUT2D eigenvalue weighted by atomic mass is 9.99. The van der Waals surface area contributed by atoms with E-state index in [-0.39, 0.29) is 11.0 Å². The van der Waals surface area contributed by atoms with Crippen LogP contribution in [0.25, 0.3) is 0 Å². The Bertz CT molecular complexity index is 156. The van der Waals surface area contributed by atoms with Crippen LogP contribution in [0.3, 0.4) is 0 Å². The summed E-state index contributed by atoms with van der Waals surface area (Å²) in [5.74, 6) is 0.196. The maximum atomic E-state index is 10.6. The van der Waals surface area contributed by atoms with E-state index in [4.69, 9.17) is 0 Å². The molecule has 0 saturated heterocycles. The number of hydrogen-bond acceptors (Lipinski definition) is 3. The van der Waals surface area contributed by atoms with Gasteiger partial charge in [0.05, 0.1) is 0 Å². The van der Waals surface area contributed by atoms with Gasteiger partial charge in [-0.25, -0.2) is 0 Å². The van der Waals surface area contributed by atoms with Crippen molar-refractivity contribution in [2.45, 2.75) is 30.9 Å². The van der Waals surface area contributed by atoms with Crippen LogP contribution >= 0.6 is 0 Å². The summed E-state index contributed by atoms with van der Waals surface area (Å²) >= 11 is -1.97. The van der Waals surface area contributed by atoms with Gasteiger partial charge in [0.25, 0.3) is 0 Å². The van der Waals surface area contributed by atoms with Crippen LogP contribution in [0.5, 0.6) is 0 Å². The van der Waals surface area contributed by atoms with Gasteiger partial charge in [0.15, 0.2) is 0 Å². The van der Waals surface area contributed by atoms with Crippen LogP contribution in [0, 0.1) is 0 Å². The molecule has 1 fully saturated rings. The van der Waals surface area contributed by atoms with Crippen molar-refractivity contribution in [1.29, 1.82) is 0 Å². The molecule has 1 saturated carbocycles. The van der Waals surface area contributed by atoms with E-state index in [2.05, 4.69) is 0 Å². The molecule has 10 heavy (non-hydrogen) atoms. The molecule has 58 valence electrons. The van der Waals surface area contributed by atoms with Crippen molar-refractivity contribution < 1.29 is 13.6 Å². The Labute approximate surface area is 62.1 Å². The van der Waals surface area contributed by atoms with Gasteiger partial charge in [-0.15, -0.1) is 0 Å². The fourth-order valence-corrected chi connectivity index (χ4v) is 1.73. The standard InChI is InChI=1S/C6H10O3S/c7-5-1-3-6(4-2-5)10(8)9/h6H,1-4H2,(H,8,9)/p-1. The summed E-state index contributed by atoms with van der Waals surface area (Å²) in [5.41, 5.74) is 0. The Morgan fingerprint density at radius 1 is 1.40 bits per heavy atom. The molecule has 1 atom stereocenters. The van der Waals surface area contributed by atoms with E-state index < -0.39 is 11.1 Å². The molecule has 0 heterocycles. The molecule has 0 aromatic carbocycles. The fraction of sp³-hybridized carbons (Fsp3) is 0.833. The van der Waals surface area contributed by atoms with Gasteiger partial charge in [-0.2, -0.15) is 0 Å². The van der Waals surface area contributed by atoms with E-state index in [1.54, 1.807) is 0 Å². The van der Waals surface area contributed by atoms with Crippen molar-refractivity contribution in [3.8, 4) is 0 Å². The third-order valence-electron chi connectivity index (χ3n) is 1.76. The van der Waals surface area contributed by atoms with E-state index in [1.165, 1.54) is 0 Å². The van der Waals surface area contributed by atoms with Crippen LogP contribution in [-0.4, -0.2) is 19.8 Å². The third-order valence-corrected chi connectivity index (χ3v) is 2.78. The molecular weight excluding hydrogens is 152 g/mol. The molecule has 3 nitrogen and oxygen atoms in total. The lowest BCUT2D eigenvalue weighted by Gasteiger charge is -2.22. The topological polar surface area (TPSA) is 57.2 Å². The van der Waals surface area contributed by atoms with Gasteiger partial charge in [-0.05, 0) is 12.8 Å². The summed E-state index contributed by atoms with van der Waals surface area (Å²) in [5, 5.41) is -0.266. The van der Waals surface area contributed by atoms with Crippen LogP contribution in [0.15, 0.2) is 0 Å². The van der Waals surface area contributed by atoms with Gasteiger partial charge >= 0.3 is 0 Å². The van der Waals surface area contributed by atoms with Crippen LogP contribution in [0.2, 0.25) is 0 Å². The minimum absolute atomic E-state index is 0.196. The lowest BCUT2D eigenvalue weighted by molar-refractivity contribution is -0.120. The van der Waals surface area contributed by atoms with E-state index >= 15 is 0 Å². The summed E-state index contributed by atoms with van der Waals surface area (Å²) in [4.78, 5) is 10.6. The quantitative estimate of drug-likeness (QED) is 0.522. The van der Waals surface area contributed by atoms with Crippen molar-refractivity contribution in [2.75, 3.05) is 0 Å². The Balaban J connectivity index is 2.40. The van der Waals surface area contributed by atoms with Crippen LogP contribution in [0.1, 0.15) is 25.7 Å². The van der Waals surface area contributed by atoms with E-state index in [1.807, 2.05) is 0 Å². The zero-order valence-electron chi connectivity index (χ0n) is 5.54. The van der Waals surface area contributed by atoms with Gasteiger partial charge in [0.2, 0.25) is 0 Å². The van der Waals surface area contributed by atoms with Gasteiger partial charge in [-0.3, -0.25) is 9.00 Å². The number of carbonyl (C=O) groups is 1. The number of rotatable bonds is 1. The zero-order chi connectivity index (χ0) is 7.56. The van der Waals surface area contributed by atoms with Gasteiger partial charge in [-0.1, -0.05) is 11.1 Å². The monoisotopic (exact) mass is 161 g/mol. The fourth-order valence-electron chi connectivity index (χ4n) is 1.11. The summed E-state index contributed by atoms with van der Waals surface area (Å²) in [7, 11) is 0. The third kappa shape index (κ3) is 1.88. The van der Waals surface area contributed by atoms with E-state index in [0.717, 1.165) is 0 Å². The first kappa shape index (κ1) is 7.88. The number of Topliss-reactive ketones (excluding diaryl/α,β-unsaturated/α-hetero) is 1. The SMILES string of the molecule is O=C1CCC(S(=O)[O-])CC1. The molecule has 0 amide bonds. The maximum Gasteiger partial charge on any atom is 0.132 e. The summed E-state index contributed by atoms with van der Waals surface area (Å²) in [6, 6.07) is 0. The van der Waals surface area contributed by atoms with E-state index in [0.29, 0.717) is 25.7 Å². The number of carbonyl (C=O) groups excluding carboxylic acids is 1. The normalized spacial score (nSPS) is 24.7. The Kier molecular flexibility index (Phi) is 2.56. The zero-order valence-corrected chi connectivity index (χ0v) is 6.36. The molecule has 1 rings (SSSR count). The first-order valence-electron chi connectivity index (χ1n) is 3.30. The molecule has 0 N–H and O–H groups in total. The summed E-state index contributed by atoms with van der Waals surface area (Å²) in [6.07, 6.45) is 1.93. The maximum absolute atomic E-state index is 10.6. The van der Waals surface area contributed by atoms with Crippen molar-refractivity contribution in [2.24, 2.45) is 0 Å². The number of ketones is 1. The molecule has 0 aromatic heterocycles. The lowest BCUT2D eigenvalue weighted by Crippen LogP contribution is -2.22. The van der Waals surface area contributed by atoms with Crippen molar-refractivity contribution in [1.82, 2.24) is 0 Å². The molecule has 1 aliphatic carbocycles. The molecule has 4 heteroatoms. The predicted octanol–water partition coefficient (Wildman–Crippen LogP) is 0.377. The minimum Gasteiger partial charge on any atom is -0.772 e. The van der Waals surface area contributed by atoms with Crippen LogP contribution < -0.4 is 0 Å². The molecule has 0 bridgehead atoms. The minimum atomic E-state index is -1.97. The van der Waals surface area contributed by atoms with Gasteiger partial charge in [0, 0.05) is 18.1 Å². The Morgan fingerprint density at radius 2 is 1.90 bits per heavy atom. The largest absolute Gasteiger partial charge is 0.772 e. The van der Waals surface area contributed by atoms with E-state index in [9.17, 15) is 13.6 Å². The average molecular weight is 161 g/mol. The highest BCUT2D eigenvalue weighted by Gasteiger charge is 2.18. The van der Waals surface area contributed by atoms with Gasteiger partial charge in [0.1, 0.15) is 5.78 Å². The first-order chi connectivity index (χ1) is 4.70. The van der Waals surface area contributed by atoms with Crippen LogP contribution in [-0.2, 0) is 15.9 Å². The predicted molar refractivity (Wildman–Crippen MR) is 36.2 cm³/mol. The first-order valence-corrected chi connectivity index (χ1v) is 4.43. The molecule has 1 aliphatic rings. The highest BCUT2D eigenvalue weighted by Crippen LogP contribution is 2.18. The molecule has 0 spiro atoms. The average Bonchev–Trinajstić information content (AvgIpc) is 1.88. The number of hydrogen-bond donors (Lipinski definition) is 0. The van der Waals surface area contributed by atoms with Crippen molar-refractivity contribution in [3.05, 3.63) is 0 Å². The summed E-state index contributed by atoms with van der Waals surface area (Å²) in [6.45, 7) is 0. The summed E-state index contributed by atoms with van der Waals surface area (Å²) < 4.78 is 20.7. The second-order valence-electron chi connectivity index (χ2n) is 2.50. The molecule has 0 aliphatic heterocycles. The Hall–Kier alpha value is -0.220. The smallest absolute Gasteiger partial charge is 0.132 e. The second-order valence-corrected chi connectivity index (χ2v) is 3.69. The van der Waals surface area contributed by atoms with Crippen molar-refractivity contribution >= 4 is 16.9 Å². The molecule has 0 aromatic rings. The highest BCUT2D eigenvalue weighted by molar-refractivity contribution is 7.79.